The van der Waals surface area contributed by atoms with Crippen LogP contribution in [0.4, 0.5) is 10.1 Å². The van der Waals surface area contributed by atoms with Gasteiger partial charge in [-0.3, -0.25) is 9.59 Å². The van der Waals surface area contributed by atoms with Crippen molar-refractivity contribution in [1.82, 2.24) is 9.47 Å². The predicted molar refractivity (Wildman–Crippen MR) is 110 cm³/mol. The predicted octanol–water partition coefficient (Wildman–Crippen LogP) is 2.65. The number of amides is 1. The first-order valence-corrected chi connectivity index (χ1v) is 9.45. The van der Waals surface area contributed by atoms with E-state index in [0.717, 1.165) is 11.4 Å². The third kappa shape index (κ3) is 3.55. The summed E-state index contributed by atoms with van der Waals surface area (Å²) in [5, 5.41) is 0.218. The van der Waals surface area contributed by atoms with Crippen LogP contribution in [-0.4, -0.2) is 48.7 Å². The quantitative estimate of drug-likeness (QED) is 0.684. The Morgan fingerprint density at radius 2 is 1.72 bits per heavy atom. The van der Waals surface area contributed by atoms with Gasteiger partial charge in [-0.2, -0.15) is 0 Å². The van der Waals surface area contributed by atoms with Gasteiger partial charge < -0.3 is 19.1 Å². The number of methoxy groups -OCH3 is 1. The first kappa shape index (κ1) is 19.0. The zero-order chi connectivity index (χ0) is 20.5. The van der Waals surface area contributed by atoms with Crippen molar-refractivity contribution in [2.24, 2.45) is 7.05 Å². The summed E-state index contributed by atoms with van der Waals surface area (Å²) in [7, 11) is 3.38. The lowest BCUT2D eigenvalue weighted by Crippen LogP contribution is -2.49. The van der Waals surface area contributed by atoms with Gasteiger partial charge >= 0.3 is 0 Å². The average molecular weight is 395 g/mol. The fraction of sp³-hybridized carbons (Fsp3) is 0.273. The Bertz CT molecular complexity index is 1120. The number of pyridine rings is 1. The second-order valence-corrected chi connectivity index (χ2v) is 7.12. The molecule has 2 heterocycles. The van der Waals surface area contributed by atoms with E-state index in [1.807, 2.05) is 24.3 Å². The second-order valence-electron chi connectivity index (χ2n) is 7.12. The van der Waals surface area contributed by atoms with Gasteiger partial charge in [-0.05, 0) is 42.5 Å². The molecule has 1 saturated heterocycles. The Balaban J connectivity index is 1.54. The molecule has 0 atom stereocenters. The second kappa shape index (κ2) is 7.58. The first-order valence-electron chi connectivity index (χ1n) is 9.45. The number of anilines is 1. The van der Waals surface area contributed by atoms with E-state index in [9.17, 15) is 14.0 Å². The van der Waals surface area contributed by atoms with Crippen molar-refractivity contribution >= 4 is 22.5 Å². The molecule has 1 aliphatic rings. The van der Waals surface area contributed by atoms with Crippen LogP contribution in [0.25, 0.3) is 10.9 Å². The van der Waals surface area contributed by atoms with Crippen LogP contribution in [0.3, 0.4) is 0 Å². The zero-order valence-electron chi connectivity index (χ0n) is 16.4. The highest BCUT2D eigenvalue weighted by molar-refractivity contribution is 5.97. The molecule has 1 aliphatic heterocycles. The lowest BCUT2D eigenvalue weighted by atomic mass is 10.1. The Hall–Kier alpha value is -3.35. The smallest absolute Gasteiger partial charge is 0.259 e. The van der Waals surface area contributed by atoms with E-state index in [1.54, 1.807) is 35.9 Å². The molecule has 29 heavy (non-hydrogen) atoms. The number of aryl methyl sites for hydroxylation is 1. The molecule has 0 unspecified atom stereocenters. The number of rotatable bonds is 3. The number of halogens is 1. The molecule has 4 rings (SSSR count). The van der Waals surface area contributed by atoms with Gasteiger partial charge in [-0.1, -0.05) is 0 Å². The van der Waals surface area contributed by atoms with Crippen molar-refractivity contribution in [3.05, 3.63) is 70.3 Å². The maximum absolute atomic E-state index is 13.6. The standard InChI is InChI=1S/C22H22FN3O3/c1-24-14-19(21(27)18-13-15(23)3-8-20(18)24)22(28)26-11-9-25(10-12-26)16-4-6-17(29-2)7-5-16/h3-8,13-14H,9-12H2,1-2H3. The van der Waals surface area contributed by atoms with Crippen LogP contribution in [0.1, 0.15) is 10.4 Å². The highest BCUT2D eigenvalue weighted by Crippen LogP contribution is 2.21. The fourth-order valence-electron chi connectivity index (χ4n) is 3.75. The number of benzene rings is 2. The largest absolute Gasteiger partial charge is 0.497 e. The van der Waals surface area contributed by atoms with Gasteiger partial charge in [0.15, 0.2) is 0 Å². The molecule has 3 aromatic rings. The number of nitrogens with zero attached hydrogens (tertiary/aromatic N) is 3. The number of hydrogen-bond donors (Lipinski definition) is 0. The lowest BCUT2D eigenvalue weighted by molar-refractivity contribution is 0.0745. The summed E-state index contributed by atoms with van der Waals surface area (Å²) in [6.45, 7) is 2.35. The molecule has 0 radical (unpaired) electrons. The normalized spacial score (nSPS) is 14.3. The molecule has 0 spiro atoms. The Morgan fingerprint density at radius 3 is 2.38 bits per heavy atom. The van der Waals surface area contributed by atoms with Crippen LogP contribution >= 0.6 is 0 Å². The lowest BCUT2D eigenvalue weighted by Gasteiger charge is -2.36. The topological polar surface area (TPSA) is 54.8 Å². The molecule has 150 valence electrons. The number of ether oxygens (including phenoxy) is 1. The summed E-state index contributed by atoms with van der Waals surface area (Å²) in [6, 6.07) is 11.8. The Kier molecular flexibility index (Phi) is 4.96. The van der Waals surface area contributed by atoms with E-state index in [2.05, 4.69) is 4.90 Å². The number of hydrogen-bond acceptors (Lipinski definition) is 4. The highest BCUT2D eigenvalue weighted by Gasteiger charge is 2.25. The number of aromatic nitrogens is 1. The summed E-state index contributed by atoms with van der Waals surface area (Å²) in [5.74, 6) is -0.00963. The van der Waals surface area contributed by atoms with E-state index in [1.165, 1.54) is 12.1 Å². The first-order chi connectivity index (χ1) is 14.0. The average Bonchev–Trinajstić information content (AvgIpc) is 2.76. The summed E-state index contributed by atoms with van der Waals surface area (Å²) in [6.07, 6.45) is 1.54. The van der Waals surface area contributed by atoms with E-state index in [0.29, 0.717) is 31.7 Å². The summed E-state index contributed by atoms with van der Waals surface area (Å²) in [5.41, 5.74) is 1.30. The molecule has 0 bridgehead atoms. The Morgan fingerprint density at radius 1 is 1.03 bits per heavy atom. The molecule has 1 amide bonds. The molecule has 2 aromatic carbocycles. The van der Waals surface area contributed by atoms with Crippen molar-refractivity contribution < 1.29 is 13.9 Å². The van der Waals surface area contributed by atoms with E-state index >= 15 is 0 Å². The van der Waals surface area contributed by atoms with Crippen LogP contribution in [-0.2, 0) is 7.05 Å². The summed E-state index contributed by atoms with van der Waals surface area (Å²) < 4.78 is 20.5. The minimum Gasteiger partial charge on any atom is -0.497 e. The molecular weight excluding hydrogens is 373 g/mol. The van der Waals surface area contributed by atoms with Gasteiger partial charge in [0.2, 0.25) is 5.43 Å². The van der Waals surface area contributed by atoms with E-state index in [4.69, 9.17) is 4.74 Å². The molecule has 1 fully saturated rings. The minimum atomic E-state index is -0.493. The Labute approximate surface area is 167 Å². The van der Waals surface area contributed by atoms with Gasteiger partial charge in [0, 0.05) is 50.5 Å². The minimum absolute atomic E-state index is 0.0727. The maximum Gasteiger partial charge on any atom is 0.259 e. The monoisotopic (exact) mass is 395 g/mol. The number of fused-ring (bicyclic) bond motifs is 1. The molecule has 0 aliphatic carbocycles. The van der Waals surface area contributed by atoms with Gasteiger partial charge in [0.25, 0.3) is 5.91 Å². The van der Waals surface area contributed by atoms with Crippen molar-refractivity contribution in [2.75, 3.05) is 38.2 Å². The van der Waals surface area contributed by atoms with Crippen molar-refractivity contribution in [1.29, 1.82) is 0 Å². The van der Waals surface area contributed by atoms with Gasteiger partial charge in [-0.15, -0.1) is 0 Å². The summed E-state index contributed by atoms with van der Waals surface area (Å²) in [4.78, 5) is 29.7. The van der Waals surface area contributed by atoms with Crippen LogP contribution in [0.5, 0.6) is 5.75 Å². The molecule has 0 saturated carbocycles. The van der Waals surface area contributed by atoms with Gasteiger partial charge in [-0.25, -0.2) is 4.39 Å². The van der Waals surface area contributed by atoms with Crippen molar-refractivity contribution in [3.8, 4) is 5.75 Å². The van der Waals surface area contributed by atoms with Crippen molar-refractivity contribution in [2.45, 2.75) is 0 Å². The molecular formula is C22H22FN3O3. The van der Waals surface area contributed by atoms with E-state index in [-0.39, 0.29) is 16.9 Å². The molecule has 0 N–H and O–H groups in total. The van der Waals surface area contributed by atoms with Crippen LogP contribution in [0.15, 0.2) is 53.5 Å². The van der Waals surface area contributed by atoms with Crippen LogP contribution in [0.2, 0.25) is 0 Å². The zero-order valence-corrected chi connectivity index (χ0v) is 16.4. The van der Waals surface area contributed by atoms with Gasteiger partial charge in [0.1, 0.15) is 17.1 Å². The van der Waals surface area contributed by atoms with Crippen molar-refractivity contribution in [3.63, 3.8) is 0 Å². The number of carbonyl (C=O) groups excluding carboxylic acids is 1. The van der Waals surface area contributed by atoms with Gasteiger partial charge in [0.05, 0.1) is 12.6 Å². The third-order valence-corrected chi connectivity index (χ3v) is 5.39. The third-order valence-electron chi connectivity index (χ3n) is 5.39. The van der Waals surface area contributed by atoms with Crippen LogP contribution in [0, 0.1) is 5.82 Å². The SMILES string of the molecule is COc1ccc(N2CCN(C(=O)c3cn(C)c4ccc(F)cc4c3=O)CC2)cc1. The van der Waals surface area contributed by atoms with E-state index < -0.39 is 11.2 Å². The number of piperazine rings is 1. The molecule has 1 aromatic heterocycles. The number of carbonyl (C=O) groups is 1. The summed E-state index contributed by atoms with van der Waals surface area (Å²) >= 11 is 0. The fourth-order valence-corrected chi connectivity index (χ4v) is 3.75. The maximum atomic E-state index is 13.6. The molecule has 7 heteroatoms. The highest BCUT2D eigenvalue weighted by atomic mass is 19.1. The molecule has 6 nitrogen and oxygen atoms in total. The van der Waals surface area contributed by atoms with Crippen LogP contribution < -0.4 is 15.1 Å².